The fourth-order valence-corrected chi connectivity index (χ4v) is 3.72. The molecule has 0 fully saturated rings. The Morgan fingerprint density at radius 2 is 1.70 bits per heavy atom. The van der Waals surface area contributed by atoms with Crippen molar-refractivity contribution >= 4 is 56.7 Å². The molecule has 33 heavy (non-hydrogen) atoms. The minimum absolute atomic E-state index is 0.0393. The molecule has 164 valence electrons. The van der Waals surface area contributed by atoms with Gasteiger partial charge in [0.2, 0.25) is 11.7 Å². The third kappa shape index (κ3) is 4.18. The fraction of sp³-hybridized carbons (Fsp3) is 0.0400. The third-order valence-corrected chi connectivity index (χ3v) is 5.39. The van der Waals surface area contributed by atoms with E-state index in [9.17, 15) is 14.0 Å². The predicted molar refractivity (Wildman–Crippen MR) is 124 cm³/mol. The largest absolute Gasteiger partial charge is 0.464 e. The molecule has 0 unspecified atom stereocenters. The highest BCUT2D eigenvalue weighted by Gasteiger charge is 2.23. The SMILES string of the molecule is O=C(Cc1coc2ccc(F)cc12)Nc1c(C(=O)Nc2ccc(Cl)cc2)oc2ccccc12. The van der Waals surface area contributed by atoms with Gasteiger partial charge in [0.25, 0.3) is 5.91 Å². The second-order valence-corrected chi connectivity index (χ2v) is 7.83. The van der Waals surface area contributed by atoms with Gasteiger partial charge in [0.1, 0.15) is 22.7 Å². The van der Waals surface area contributed by atoms with Crippen LogP contribution in [0.5, 0.6) is 0 Å². The first-order chi connectivity index (χ1) is 16.0. The van der Waals surface area contributed by atoms with Crippen LogP contribution in [0.3, 0.4) is 0 Å². The molecule has 2 N–H and O–H groups in total. The monoisotopic (exact) mass is 462 g/mol. The number of nitrogens with one attached hydrogen (secondary N) is 2. The second-order valence-electron chi connectivity index (χ2n) is 7.39. The Labute approximate surface area is 191 Å². The van der Waals surface area contributed by atoms with E-state index in [4.69, 9.17) is 20.4 Å². The molecule has 6 nitrogen and oxygen atoms in total. The predicted octanol–water partition coefficient (Wildman–Crippen LogP) is 6.41. The van der Waals surface area contributed by atoms with E-state index >= 15 is 0 Å². The van der Waals surface area contributed by atoms with Gasteiger partial charge in [0.15, 0.2) is 0 Å². The van der Waals surface area contributed by atoms with Crippen molar-refractivity contribution in [3.8, 4) is 0 Å². The van der Waals surface area contributed by atoms with Crippen molar-refractivity contribution in [1.82, 2.24) is 0 Å². The molecule has 5 rings (SSSR count). The summed E-state index contributed by atoms with van der Waals surface area (Å²) in [6, 6.07) is 17.7. The average molecular weight is 463 g/mol. The van der Waals surface area contributed by atoms with Crippen molar-refractivity contribution in [3.05, 3.63) is 95.2 Å². The zero-order valence-corrected chi connectivity index (χ0v) is 17.8. The molecule has 0 saturated heterocycles. The normalized spacial score (nSPS) is 11.1. The quantitative estimate of drug-likeness (QED) is 0.316. The van der Waals surface area contributed by atoms with Crippen LogP contribution in [0.15, 0.2) is 81.8 Å². The molecule has 0 radical (unpaired) electrons. The lowest BCUT2D eigenvalue weighted by Crippen LogP contribution is -2.18. The van der Waals surface area contributed by atoms with E-state index in [0.29, 0.717) is 38.2 Å². The van der Waals surface area contributed by atoms with Crippen LogP contribution < -0.4 is 10.6 Å². The summed E-state index contributed by atoms with van der Waals surface area (Å²) < 4.78 is 24.8. The Morgan fingerprint density at radius 1 is 0.909 bits per heavy atom. The number of hydrogen-bond acceptors (Lipinski definition) is 4. The summed E-state index contributed by atoms with van der Waals surface area (Å²) in [6.07, 6.45) is 1.35. The summed E-state index contributed by atoms with van der Waals surface area (Å²) >= 11 is 5.90. The van der Waals surface area contributed by atoms with E-state index in [1.807, 2.05) is 0 Å². The lowest BCUT2D eigenvalue weighted by Gasteiger charge is -2.07. The minimum Gasteiger partial charge on any atom is -0.464 e. The number of hydrogen-bond donors (Lipinski definition) is 2. The Bertz CT molecular complexity index is 1500. The zero-order valence-electron chi connectivity index (χ0n) is 17.0. The number of rotatable bonds is 5. The van der Waals surface area contributed by atoms with E-state index in [1.165, 1.54) is 24.5 Å². The number of halogens is 2. The zero-order chi connectivity index (χ0) is 22.9. The Hall–Kier alpha value is -4.10. The van der Waals surface area contributed by atoms with Gasteiger partial charge in [0.05, 0.1) is 12.7 Å². The molecule has 0 bridgehead atoms. The Balaban J connectivity index is 1.44. The Kier molecular flexibility index (Phi) is 5.32. The van der Waals surface area contributed by atoms with Crippen LogP contribution in [-0.4, -0.2) is 11.8 Å². The summed E-state index contributed by atoms with van der Waals surface area (Å²) in [5, 5.41) is 7.15. The first-order valence-corrected chi connectivity index (χ1v) is 10.4. The van der Waals surface area contributed by atoms with Crippen molar-refractivity contribution < 1.29 is 22.8 Å². The van der Waals surface area contributed by atoms with Crippen LogP contribution in [0.1, 0.15) is 16.1 Å². The summed E-state index contributed by atoms with van der Waals surface area (Å²) in [5.41, 5.74) is 2.23. The molecule has 8 heteroatoms. The molecule has 3 aromatic carbocycles. The molecule has 5 aromatic rings. The van der Waals surface area contributed by atoms with Gasteiger partial charge >= 0.3 is 0 Å². The van der Waals surface area contributed by atoms with Gasteiger partial charge in [-0.05, 0) is 54.6 Å². The van der Waals surface area contributed by atoms with Crippen molar-refractivity contribution in [2.75, 3.05) is 10.6 Å². The summed E-state index contributed by atoms with van der Waals surface area (Å²) in [7, 11) is 0. The van der Waals surface area contributed by atoms with Crippen LogP contribution in [0.4, 0.5) is 15.8 Å². The average Bonchev–Trinajstić information content (AvgIpc) is 3.37. The van der Waals surface area contributed by atoms with Gasteiger partial charge in [-0.2, -0.15) is 0 Å². The highest BCUT2D eigenvalue weighted by atomic mass is 35.5. The smallest absolute Gasteiger partial charge is 0.293 e. The number of furan rings is 2. The maximum atomic E-state index is 13.6. The molecule has 0 atom stereocenters. The van der Waals surface area contributed by atoms with E-state index in [1.54, 1.807) is 48.5 Å². The number of benzene rings is 3. The van der Waals surface area contributed by atoms with Crippen LogP contribution in [0.25, 0.3) is 21.9 Å². The van der Waals surface area contributed by atoms with E-state index in [2.05, 4.69) is 10.6 Å². The number of amides is 2. The molecule has 0 saturated carbocycles. The van der Waals surface area contributed by atoms with Gasteiger partial charge in [0, 0.05) is 27.0 Å². The van der Waals surface area contributed by atoms with Gasteiger partial charge in [-0.3, -0.25) is 9.59 Å². The topological polar surface area (TPSA) is 84.5 Å². The molecule has 2 heterocycles. The number of carbonyl (C=O) groups excluding carboxylic acids is 2. The van der Waals surface area contributed by atoms with Crippen molar-refractivity contribution in [2.45, 2.75) is 6.42 Å². The third-order valence-electron chi connectivity index (χ3n) is 5.13. The van der Waals surface area contributed by atoms with Gasteiger partial charge in [-0.25, -0.2) is 4.39 Å². The van der Waals surface area contributed by atoms with E-state index in [0.717, 1.165) is 0 Å². The fourth-order valence-electron chi connectivity index (χ4n) is 3.60. The Morgan fingerprint density at radius 3 is 2.52 bits per heavy atom. The molecule has 0 aliphatic heterocycles. The van der Waals surface area contributed by atoms with Crippen molar-refractivity contribution in [3.63, 3.8) is 0 Å². The second kappa shape index (κ2) is 8.44. The molecule has 2 aromatic heterocycles. The van der Waals surface area contributed by atoms with Crippen LogP contribution in [-0.2, 0) is 11.2 Å². The number of fused-ring (bicyclic) bond motifs is 2. The first-order valence-electron chi connectivity index (χ1n) is 10.0. The lowest BCUT2D eigenvalue weighted by atomic mass is 10.1. The number of para-hydroxylation sites is 1. The summed E-state index contributed by atoms with van der Waals surface area (Å²) in [5.74, 6) is -1.40. The molecule has 2 amide bonds. The maximum absolute atomic E-state index is 13.6. The minimum atomic E-state index is -0.528. The van der Waals surface area contributed by atoms with Gasteiger partial charge < -0.3 is 19.5 Å². The maximum Gasteiger partial charge on any atom is 0.293 e. The molecule has 0 spiro atoms. The van der Waals surface area contributed by atoms with Crippen molar-refractivity contribution in [1.29, 1.82) is 0 Å². The van der Waals surface area contributed by atoms with Gasteiger partial charge in [-0.1, -0.05) is 23.7 Å². The lowest BCUT2D eigenvalue weighted by molar-refractivity contribution is -0.115. The number of carbonyl (C=O) groups is 2. The molecule has 0 aliphatic carbocycles. The van der Waals surface area contributed by atoms with E-state index in [-0.39, 0.29) is 17.9 Å². The standard InChI is InChI=1S/C25H16ClFN2O4/c26-15-5-8-17(9-6-15)28-25(31)24-23(18-3-1-2-4-21(18)33-24)29-22(30)11-14-13-32-20-10-7-16(27)12-19(14)20/h1-10,12-13H,11H2,(H,28,31)(H,29,30). The van der Waals surface area contributed by atoms with Gasteiger partial charge in [-0.15, -0.1) is 0 Å². The van der Waals surface area contributed by atoms with Crippen LogP contribution in [0, 0.1) is 5.82 Å². The van der Waals surface area contributed by atoms with Crippen LogP contribution in [0.2, 0.25) is 5.02 Å². The molecular formula is C25H16ClFN2O4. The molecule has 0 aliphatic rings. The first kappa shape index (κ1) is 20.8. The summed E-state index contributed by atoms with van der Waals surface area (Å²) in [4.78, 5) is 25.8. The summed E-state index contributed by atoms with van der Waals surface area (Å²) in [6.45, 7) is 0. The van der Waals surface area contributed by atoms with Crippen LogP contribution >= 0.6 is 11.6 Å². The number of anilines is 2. The van der Waals surface area contributed by atoms with E-state index < -0.39 is 17.6 Å². The highest BCUT2D eigenvalue weighted by Crippen LogP contribution is 2.32. The highest BCUT2D eigenvalue weighted by molar-refractivity contribution is 6.30. The van der Waals surface area contributed by atoms with Crippen molar-refractivity contribution in [2.24, 2.45) is 0 Å². The molecular weight excluding hydrogens is 447 g/mol.